The molecule has 0 aliphatic carbocycles. The zero-order valence-corrected chi connectivity index (χ0v) is 13.6. The van der Waals surface area contributed by atoms with Gasteiger partial charge in [0.2, 0.25) is 10.0 Å². The van der Waals surface area contributed by atoms with Crippen LogP contribution in [-0.2, 0) is 23.1 Å². The molecule has 0 aliphatic heterocycles. The lowest BCUT2D eigenvalue weighted by atomic mass is 10.3. The standard InChI is InChI=1S/C13H19N3O3S2/c1-10(2)16-6-13(5-12(16)7-17)21(18,19)15-4-3-11-8-20-9-14-11/h5-6,8-10,15,17H,3-4,7H2,1-2H3. The molecule has 2 rings (SSSR count). The molecule has 2 heterocycles. The molecular formula is C13H19N3O3S2. The Morgan fingerprint density at radius 1 is 1.48 bits per heavy atom. The molecule has 2 aromatic rings. The number of hydrogen-bond acceptors (Lipinski definition) is 5. The molecule has 0 fully saturated rings. The molecule has 0 atom stereocenters. The molecule has 116 valence electrons. The first kappa shape index (κ1) is 16.2. The van der Waals surface area contributed by atoms with Gasteiger partial charge in [0.15, 0.2) is 0 Å². The number of sulfonamides is 1. The molecule has 0 unspecified atom stereocenters. The van der Waals surface area contributed by atoms with Gasteiger partial charge in [-0.1, -0.05) is 0 Å². The third kappa shape index (κ3) is 3.91. The Labute approximate surface area is 128 Å². The van der Waals surface area contributed by atoms with Gasteiger partial charge in [-0.25, -0.2) is 18.1 Å². The fraction of sp³-hybridized carbons (Fsp3) is 0.462. The second-order valence-electron chi connectivity index (χ2n) is 4.95. The fourth-order valence-electron chi connectivity index (χ4n) is 2.01. The lowest BCUT2D eigenvalue weighted by Gasteiger charge is -2.10. The molecule has 8 heteroatoms. The van der Waals surface area contributed by atoms with Crippen molar-refractivity contribution in [1.82, 2.24) is 14.3 Å². The Balaban J connectivity index is 2.08. The molecule has 0 spiro atoms. The van der Waals surface area contributed by atoms with Gasteiger partial charge in [-0.2, -0.15) is 0 Å². The summed E-state index contributed by atoms with van der Waals surface area (Å²) in [7, 11) is -3.57. The summed E-state index contributed by atoms with van der Waals surface area (Å²) in [6.45, 7) is 3.98. The van der Waals surface area contributed by atoms with E-state index in [1.165, 1.54) is 17.4 Å². The van der Waals surface area contributed by atoms with Crippen molar-refractivity contribution in [2.45, 2.75) is 37.8 Å². The van der Waals surface area contributed by atoms with Gasteiger partial charge in [0.1, 0.15) is 0 Å². The van der Waals surface area contributed by atoms with Gasteiger partial charge in [0, 0.05) is 36.3 Å². The maximum absolute atomic E-state index is 12.2. The van der Waals surface area contributed by atoms with Crippen molar-refractivity contribution in [2.75, 3.05) is 6.54 Å². The van der Waals surface area contributed by atoms with Crippen LogP contribution in [0.25, 0.3) is 0 Å². The van der Waals surface area contributed by atoms with Crippen molar-refractivity contribution in [3.05, 3.63) is 34.5 Å². The van der Waals surface area contributed by atoms with E-state index in [0.717, 1.165) is 5.69 Å². The Kier molecular flexibility index (Phi) is 5.15. The quantitative estimate of drug-likeness (QED) is 0.807. The van der Waals surface area contributed by atoms with Crippen LogP contribution in [-0.4, -0.2) is 29.6 Å². The highest BCUT2D eigenvalue weighted by atomic mass is 32.2. The van der Waals surface area contributed by atoms with Crippen LogP contribution >= 0.6 is 11.3 Å². The number of nitrogens with zero attached hydrogens (tertiary/aromatic N) is 2. The highest BCUT2D eigenvalue weighted by molar-refractivity contribution is 7.89. The predicted octanol–water partition coefficient (Wildman–Crippen LogP) is 1.54. The van der Waals surface area contributed by atoms with Crippen molar-refractivity contribution in [2.24, 2.45) is 0 Å². The lowest BCUT2D eigenvalue weighted by molar-refractivity contribution is 0.268. The average Bonchev–Trinajstić information content (AvgIpc) is 3.07. The minimum absolute atomic E-state index is 0.0890. The zero-order chi connectivity index (χ0) is 15.5. The summed E-state index contributed by atoms with van der Waals surface area (Å²) in [6.07, 6.45) is 2.11. The first-order valence-electron chi connectivity index (χ1n) is 6.62. The number of thiazole rings is 1. The first-order valence-corrected chi connectivity index (χ1v) is 9.05. The van der Waals surface area contributed by atoms with E-state index in [-0.39, 0.29) is 17.5 Å². The lowest BCUT2D eigenvalue weighted by Crippen LogP contribution is -2.25. The molecule has 0 amide bonds. The Morgan fingerprint density at radius 3 is 2.76 bits per heavy atom. The molecule has 6 nitrogen and oxygen atoms in total. The highest BCUT2D eigenvalue weighted by Gasteiger charge is 2.18. The monoisotopic (exact) mass is 329 g/mol. The summed E-state index contributed by atoms with van der Waals surface area (Å²) in [4.78, 5) is 4.29. The maximum atomic E-state index is 12.2. The van der Waals surface area contributed by atoms with Gasteiger partial charge in [-0.3, -0.25) is 0 Å². The molecule has 0 aromatic carbocycles. The molecule has 0 bridgehead atoms. The minimum Gasteiger partial charge on any atom is -0.390 e. The van der Waals surface area contributed by atoms with Gasteiger partial charge < -0.3 is 9.67 Å². The van der Waals surface area contributed by atoms with E-state index in [9.17, 15) is 13.5 Å². The van der Waals surface area contributed by atoms with Crippen LogP contribution in [0.3, 0.4) is 0 Å². The molecule has 2 N–H and O–H groups in total. The number of nitrogens with one attached hydrogen (secondary N) is 1. The van der Waals surface area contributed by atoms with E-state index in [0.29, 0.717) is 18.7 Å². The van der Waals surface area contributed by atoms with Crippen molar-refractivity contribution in [3.8, 4) is 0 Å². The molecule has 21 heavy (non-hydrogen) atoms. The summed E-state index contributed by atoms with van der Waals surface area (Å²) in [5.74, 6) is 0. The normalized spacial score (nSPS) is 12.2. The van der Waals surface area contributed by atoms with Gasteiger partial charge in [0.05, 0.1) is 22.7 Å². The number of aliphatic hydroxyl groups excluding tert-OH is 1. The highest BCUT2D eigenvalue weighted by Crippen LogP contribution is 2.18. The van der Waals surface area contributed by atoms with Crippen molar-refractivity contribution >= 4 is 21.4 Å². The summed E-state index contributed by atoms with van der Waals surface area (Å²) >= 11 is 1.49. The third-order valence-electron chi connectivity index (χ3n) is 3.09. The number of hydrogen-bond donors (Lipinski definition) is 2. The molecule has 2 aromatic heterocycles. The van der Waals surface area contributed by atoms with Crippen molar-refractivity contribution in [1.29, 1.82) is 0 Å². The summed E-state index contributed by atoms with van der Waals surface area (Å²) in [6, 6.07) is 1.59. The maximum Gasteiger partial charge on any atom is 0.242 e. The minimum atomic E-state index is -3.57. The van der Waals surface area contributed by atoms with Crippen LogP contribution in [0.1, 0.15) is 31.3 Å². The predicted molar refractivity (Wildman–Crippen MR) is 81.7 cm³/mol. The van der Waals surface area contributed by atoms with Gasteiger partial charge in [-0.05, 0) is 19.9 Å². The van der Waals surface area contributed by atoms with Crippen LogP contribution in [0.4, 0.5) is 0 Å². The van der Waals surface area contributed by atoms with Crippen LogP contribution < -0.4 is 4.72 Å². The van der Waals surface area contributed by atoms with E-state index < -0.39 is 10.0 Å². The molecule has 0 saturated carbocycles. The Morgan fingerprint density at radius 2 is 2.24 bits per heavy atom. The van der Waals surface area contributed by atoms with Crippen LogP contribution in [0.2, 0.25) is 0 Å². The van der Waals surface area contributed by atoms with Crippen LogP contribution in [0.5, 0.6) is 0 Å². The average molecular weight is 329 g/mol. The summed E-state index contributed by atoms with van der Waals surface area (Å²) in [5, 5.41) is 11.2. The van der Waals surface area contributed by atoms with Gasteiger partial charge in [0.25, 0.3) is 0 Å². The van der Waals surface area contributed by atoms with E-state index >= 15 is 0 Å². The molecule has 0 radical (unpaired) electrons. The molecule has 0 saturated heterocycles. The SMILES string of the molecule is CC(C)n1cc(S(=O)(=O)NCCc2cscn2)cc1CO. The largest absolute Gasteiger partial charge is 0.390 e. The first-order chi connectivity index (χ1) is 9.94. The van der Waals surface area contributed by atoms with Crippen molar-refractivity contribution < 1.29 is 13.5 Å². The Hall–Kier alpha value is -1.22. The summed E-state index contributed by atoms with van der Waals surface area (Å²) in [5.41, 5.74) is 3.18. The fourth-order valence-corrected chi connectivity index (χ4v) is 3.68. The van der Waals surface area contributed by atoms with Gasteiger partial charge in [-0.15, -0.1) is 11.3 Å². The van der Waals surface area contributed by atoms with E-state index in [1.54, 1.807) is 16.3 Å². The van der Waals surface area contributed by atoms with E-state index in [1.807, 2.05) is 19.2 Å². The van der Waals surface area contributed by atoms with E-state index in [2.05, 4.69) is 9.71 Å². The number of aliphatic hydroxyl groups is 1. The smallest absolute Gasteiger partial charge is 0.242 e. The molecular weight excluding hydrogens is 310 g/mol. The zero-order valence-electron chi connectivity index (χ0n) is 12.0. The van der Waals surface area contributed by atoms with Crippen LogP contribution in [0, 0.1) is 0 Å². The van der Waals surface area contributed by atoms with Gasteiger partial charge >= 0.3 is 0 Å². The van der Waals surface area contributed by atoms with Crippen LogP contribution in [0.15, 0.2) is 28.0 Å². The second-order valence-corrected chi connectivity index (χ2v) is 7.44. The van der Waals surface area contributed by atoms with Crippen molar-refractivity contribution in [3.63, 3.8) is 0 Å². The topological polar surface area (TPSA) is 84.2 Å². The number of aromatic nitrogens is 2. The van der Waals surface area contributed by atoms with E-state index in [4.69, 9.17) is 0 Å². The third-order valence-corrected chi connectivity index (χ3v) is 5.16. The summed E-state index contributed by atoms with van der Waals surface area (Å²) < 4.78 is 28.8. The second kappa shape index (κ2) is 6.69. The molecule has 0 aliphatic rings. The Bertz CT molecular complexity index is 676. The number of rotatable bonds is 7.